The van der Waals surface area contributed by atoms with E-state index in [1.54, 1.807) is 11.0 Å². The molecule has 1 spiro atoms. The van der Waals surface area contributed by atoms with Crippen molar-refractivity contribution >= 4 is 17.8 Å². The van der Waals surface area contributed by atoms with E-state index in [-0.39, 0.29) is 30.9 Å². The Morgan fingerprint density at radius 1 is 1.29 bits per heavy atom. The molecule has 8 heteroatoms. The van der Waals surface area contributed by atoms with E-state index in [9.17, 15) is 19.5 Å². The number of rotatable bonds is 10. The zero-order valence-corrected chi connectivity index (χ0v) is 22.1. The molecule has 0 aromatic rings. The van der Waals surface area contributed by atoms with E-state index in [1.807, 2.05) is 41.5 Å². The van der Waals surface area contributed by atoms with Crippen LogP contribution in [-0.4, -0.2) is 81.3 Å². The van der Waals surface area contributed by atoms with Crippen molar-refractivity contribution in [3.63, 3.8) is 0 Å². The Labute approximate surface area is 209 Å². The van der Waals surface area contributed by atoms with E-state index >= 15 is 0 Å². The van der Waals surface area contributed by atoms with E-state index in [0.717, 1.165) is 0 Å². The highest BCUT2D eigenvalue weighted by Crippen LogP contribution is 2.64. The molecule has 0 radical (unpaired) electrons. The van der Waals surface area contributed by atoms with Gasteiger partial charge in [0.1, 0.15) is 24.2 Å². The number of ether oxygens (including phenoxy) is 2. The number of aliphatic hydroxyl groups is 1. The largest absolute Gasteiger partial charge is 0.461 e. The molecular weight excluding hydrogens is 448 g/mol. The van der Waals surface area contributed by atoms with Gasteiger partial charge in [0.2, 0.25) is 11.8 Å². The van der Waals surface area contributed by atoms with Gasteiger partial charge in [-0.05, 0) is 52.9 Å². The molecule has 35 heavy (non-hydrogen) atoms. The van der Waals surface area contributed by atoms with Crippen LogP contribution in [0, 0.1) is 17.8 Å². The van der Waals surface area contributed by atoms with E-state index in [4.69, 9.17) is 9.47 Å². The lowest BCUT2D eigenvalue weighted by molar-refractivity contribution is -0.162. The third-order valence-electron chi connectivity index (χ3n) is 7.78. The van der Waals surface area contributed by atoms with Crippen molar-refractivity contribution < 1.29 is 29.0 Å². The Morgan fingerprint density at radius 3 is 2.46 bits per heavy atom. The lowest BCUT2D eigenvalue weighted by Crippen LogP contribution is -2.61. The van der Waals surface area contributed by atoms with Crippen LogP contribution >= 0.6 is 0 Å². The molecule has 6 atom stereocenters. The number of nitrogens with zero attached hydrogens (tertiary/aromatic N) is 2. The SMILES string of the molecule is C=CCOC(=O)[C@@H]1[C@H]2C(=O)N([C@@H](CO)CC(C)C)C(C(=O)N(CC=C)C(C)(C)C)C23CC[C@@]1(C)O3. The van der Waals surface area contributed by atoms with Crippen molar-refractivity contribution in [3.05, 3.63) is 25.3 Å². The predicted octanol–water partition coefficient (Wildman–Crippen LogP) is 2.70. The number of likely N-dealkylation sites (tertiary alicyclic amines) is 1. The quantitative estimate of drug-likeness (QED) is 0.374. The number of amides is 2. The van der Waals surface area contributed by atoms with Gasteiger partial charge in [0, 0.05) is 12.1 Å². The van der Waals surface area contributed by atoms with Crippen LogP contribution in [-0.2, 0) is 23.9 Å². The fraction of sp³-hybridized carbons (Fsp3) is 0.741. The monoisotopic (exact) mass is 490 g/mol. The summed E-state index contributed by atoms with van der Waals surface area (Å²) >= 11 is 0. The van der Waals surface area contributed by atoms with Crippen LogP contribution in [0.3, 0.4) is 0 Å². The summed E-state index contributed by atoms with van der Waals surface area (Å²) in [7, 11) is 0. The summed E-state index contributed by atoms with van der Waals surface area (Å²) in [5.41, 5.74) is -2.60. The maximum Gasteiger partial charge on any atom is 0.313 e. The van der Waals surface area contributed by atoms with E-state index in [1.165, 1.54) is 11.0 Å². The molecule has 2 unspecified atom stereocenters. The molecule has 1 N–H and O–H groups in total. The van der Waals surface area contributed by atoms with Crippen molar-refractivity contribution in [2.45, 2.75) is 89.6 Å². The summed E-state index contributed by atoms with van der Waals surface area (Å²) in [4.78, 5) is 44.9. The number of aliphatic hydroxyl groups excluding tert-OH is 1. The second-order valence-electron chi connectivity index (χ2n) is 11.8. The minimum absolute atomic E-state index is 0.0369. The second-order valence-corrected chi connectivity index (χ2v) is 11.8. The van der Waals surface area contributed by atoms with Crippen LogP contribution in [0.4, 0.5) is 0 Å². The molecule has 196 valence electrons. The fourth-order valence-corrected chi connectivity index (χ4v) is 6.42. The van der Waals surface area contributed by atoms with Crippen LogP contribution in [0.1, 0.15) is 60.8 Å². The summed E-state index contributed by atoms with van der Waals surface area (Å²) in [5, 5.41) is 10.3. The lowest BCUT2D eigenvalue weighted by atomic mass is 9.66. The number of hydrogen-bond acceptors (Lipinski definition) is 6. The third-order valence-corrected chi connectivity index (χ3v) is 7.78. The molecule has 3 heterocycles. The molecule has 0 aromatic heterocycles. The Hall–Kier alpha value is -2.19. The van der Waals surface area contributed by atoms with Crippen molar-refractivity contribution in [1.29, 1.82) is 0 Å². The van der Waals surface area contributed by atoms with Gasteiger partial charge in [-0.1, -0.05) is 32.6 Å². The number of esters is 1. The van der Waals surface area contributed by atoms with E-state index in [0.29, 0.717) is 25.8 Å². The van der Waals surface area contributed by atoms with E-state index in [2.05, 4.69) is 13.2 Å². The van der Waals surface area contributed by atoms with Gasteiger partial charge < -0.3 is 24.4 Å². The van der Waals surface area contributed by atoms with Crippen LogP contribution < -0.4 is 0 Å². The molecule has 3 fully saturated rings. The maximum absolute atomic E-state index is 14.3. The van der Waals surface area contributed by atoms with Crippen LogP contribution in [0.2, 0.25) is 0 Å². The Kier molecular flexibility index (Phi) is 7.59. The van der Waals surface area contributed by atoms with Crippen molar-refractivity contribution in [1.82, 2.24) is 9.80 Å². The smallest absolute Gasteiger partial charge is 0.313 e. The normalized spacial score (nSPS) is 32.5. The molecule has 2 bridgehead atoms. The first-order valence-corrected chi connectivity index (χ1v) is 12.6. The topological polar surface area (TPSA) is 96.4 Å². The molecule has 0 aromatic carbocycles. The maximum atomic E-state index is 14.3. The first-order chi connectivity index (χ1) is 16.3. The number of carbonyl (C=O) groups excluding carboxylic acids is 3. The summed E-state index contributed by atoms with van der Waals surface area (Å²) in [6.07, 6.45) is 4.69. The van der Waals surface area contributed by atoms with E-state index < -0.39 is 46.6 Å². The average molecular weight is 491 g/mol. The van der Waals surface area contributed by atoms with Crippen LogP contribution in [0.25, 0.3) is 0 Å². The summed E-state index contributed by atoms with van der Waals surface area (Å²) in [6.45, 7) is 19.1. The van der Waals surface area contributed by atoms with Crippen molar-refractivity contribution in [3.8, 4) is 0 Å². The molecule has 3 aliphatic rings. The molecule has 2 amide bonds. The zero-order chi connectivity index (χ0) is 26.3. The predicted molar refractivity (Wildman–Crippen MR) is 132 cm³/mol. The number of carbonyl (C=O) groups is 3. The molecule has 3 saturated heterocycles. The Morgan fingerprint density at radius 2 is 1.94 bits per heavy atom. The molecule has 3 aliphatic heterocycles. The Balaban J connectivity index is 2.16. The number of fused-ring (bicyclic) bond motifs is 1. The highest BCUT2D eigenvalue weighted by Gasteiger charge is 2.79. The summed E-state index contributed by atoms with van der Waals surface area (Å²) in [5.74, 6) is -2.57. The fourth-order valence-electron chi connectivity index (χ4n) is 6.42. The van der Waals surface area contributed by atoms with Gasteiger partial charge in [-0.2, -0.15) is 0 Å². The zero-order valence-electron chi connectivity index (χ0n) is 22.1. The minimum Gasteiger partial charge on any atom is -0.461 e. The second kappa shape index (κ2) is 9.69. The van der Waals surface area contributed by atoms with Gasteiger partial charge in [0.15, 0.2) is 0 Å². The van der Waals surface area contributed by atoms with Gasteiger partial charge in [-0.25, -0.2) is 0 Å². The average Bonchev–Trinajstić information content (AvgIpc) is 3.33. The highest BCUT2D eigenvalue weighted by atomic mass is 16.6. The minimum atomic E-state index is -1.16. The molecule has 3 rings (SSSR count). The van der Waals surface area contributed by atoms with Gasteiger partial charge in [-0.15, -0.1) is 6.58 Å². The van der Waals surface area contributed by atoms with Crippen molar-refractivity contribution in [2.24, 2.45) is 17.8 Å². The standard InChI is InChI=1S/C27H42N2O6/c1-9-13-28(25(5,6)7)23(32)21-27-12-11-26(8,35-27)20(24(33)34-14-10-2)19(27)22(31)29(21)18(16-30)15-17(3)4/h9-10,17-21,30H,1-2,11-16H2,3-8H3/t18-,19+,20+,21?,26-,27?/m1/s1. The first kappa shape index (κ1) is 27.4. The molecule has 0 saturated carbocycles. The molecule has 8 nitrogen and oxygen atoms in total. The van der Waals surface area contributed by atoms with Gasteiger partial charge in [0.25, 0.3) is 0 Å². The van der Waals surface area contributed by atoms with Gasteiger partial charge in [0.05, 0.1) is 24.2 Å². The number of hydrogen-bond donors (Lipinski definition) is 1. The van der Waals surface area contributed by atoms with Crippen molar-refractivity contribution in [2.75, 3.05) is 19.8 Å². The van der Waals surface area contributed by atoms with Gasteiger partial charge >= 0.3 is 5.97 Å². The van der Waals surface area contributed by atoms with Gasteiger partial charge in [-0.3, -0.25) is 14.4 Å². The molecular formula is C27H42N2O6. The first-order valence-electron chi connectivity index (χ1n) is 12.6. The highest BCUT2D eigenvalue weighted by molar-refractivity contribution is 5.99. The van der Waals surface area contributed by atoms with Crippen LogP contribution in [0.15, 0.2) is 25.3 Å². The Bertz CT molecular complexity index is 879. The lowest BCUT2D eigenvalue weighted by Gasteiger charge is -2.43. The van der Waals surface area contributed by atoms with Crippen LogP contribution in [0.5, 0.6) is 0 Å². The summed E-state index contributed by atoms with van der Waals surface area (Å²) < 4.78 is 12.0. The third kappa shape index (κ3) is 4.44. The molecule has 0 aliphatic carbocycles. The summed E-state index contributed by atoms with van der Waals surface area (Å²) in [6, 6.07) is -1.52.